The highest BCUT2D eigenvalue weighted by Gasteiger charge is 2.32. The fourth-order valence-electron chi connectivity index (χ4n) is 2.64. The van der Waals surface area contributed by atoms with Crippen LogP contribution < -0.4 is 10.6 Å². The highest BCUT2D eigenvalue weighted by atomic mass is 35.5. The summed E-state index contributed by atoms with van der Waals surface area (Å²) in [6.07, 6.45) is 0. The number of hydrogen-bond acceptors (Lipinski definition) is 3. The van der Waals surface area contributed by atoms with Gasteiger partial charge >= 0.3 is 5.97 Å². The number of benzene rings is 2. The molecule has 1 heterocycles. The standard InChI is InChI=1S/C18H14ClFN2O2S/c1-24-17(23)14-15(10-2-6-12(19)7-3-10)21-18(25)22-16(14)11-4-8-13(20)9-5-11/h2-9,16H,1H3,(H2,21,22,25)/t16-/m1/s1. The third-order valence-electron chi connectivity index (χ3n) is 3.81. The lowest BCUT2D eigenvalue weighted by Crippen LogP contribution is -2.45. The second-order valence-electron chi connectivity index (χ2n) is 5.37. The average molecular weight is 377 g/mol. The van der Waals surface area contributed by atoms with Gasteiger partial charge in [-0.2, -0.15) is 0 Å². The number of carbonyl (C=O) groups is 1. The molecule has 2 N–H and O–H groups in total. The van der Waals surface area contributed by atoms with Gasteiger partial charge in [-0.3, -0.25) is 0 Å². The summed E-state index contributed by atoms with van der Waals surface area (Å²) >= 11 is 11.2. The SMILES string of the molecule is COC(=O)C1=C(c2ccc(Cl)cc2)NC(=S)N[C@@H]1c1ccc(F)cc1. The van der Waals surface area contributed by atoms with Crippen molar-refractivity contribution in [2.45, 2.75) is 6.04 Å². The van der Waals surface area contributed by atoms with Gasteiger partial charge in [0.25, 0.3) is 0 Å². The van der Waals surface area contributed by atoms with E-state index >= 15 is 0 Å². The van der Waals surface area contributed by atoms with Crippen LogP contribution in [0.15, 0.2) is 54.1 Å². The number of carbonyl (C=O) groups excluding carboxylic acids is 1. The van der Waals surface area contributed by atoms with E-state index in [1.54, 1.807) is 36.4 Å². The van der Waals surface area contributed by atoms with Crippen LogP contribution in [0.2, 0.25) is 5.02 Å². The Balaban J connectivity index is 2.17. The first-order chi connectivity index (χ1) is 12.0. The molecular formula is C18H14ClFN2O2S. The summed E-state index contributed by atoms with van der Waals surface area (Å²) < 4.78 is 18.2. The minimum absolute atomic E-state index is 0.352. The highest BCUT2D eigenvalue weighted by molar-refractivity contribution is 7.80. The molecule has 2 aromatic carbocycles. The molecule has 0 spiro atoms. The summed E-state index contributed by atoms with van der Waals surface area (Å²) in [6.45, 7) is 0. The zero-order chi connectivity index (χ0) is 18.0. The number of ether oxygens (including phenoxy) is 1. The number of halogens is 2. The first kappa shape index (κ1) is 17.4. The first-order valence-electron chi connectivity index (χ1n) is 7.41. The Kier molecular flexibility index (Phi) is 5.01. The zero-order valence-corrected chi connectivity index (χ0v) is 14.7. The van der Waals surface area contributed by atoms with E-state index in [0.717, 1.165) is 5.56 Å². The van der Waals surface area contributed by atoms with Crippen LogP contribution in [0.4, 0.5) is 4.39 Å². The summed E-state index contributed by atoms with van der Waals surface area (Å²) in [6, 6.07) is 12.3. The summed E-state index contributed by atoms with van der Waals surface area (Å²) in [5.74, 6) is -0.872. The number of esters is 1. The van der Waals surface area contributed by atoms with Crippen molar-refractivity contribution in [2.24, 2.45) is 0 Å². The molecule has 25 heavy (non-hydrogen) atoms. The van der Waals surface area contributed by atoms with Crippen LogP contribution in [0.5, 0.6) is 0 Å². The van der Waals surface area contributed by atoms with E-state index in [1.807, 2.05) is 0 Å². The average Bonchev–Trinajstić information content (AvgIpc) is 2.61. The molecule has 0 saturated heterocycles. The third kappa shape index (κ3) is 3.65. The van der Waals surface area contributed by atoms with Gasteiger partial charge in [0.1, 0.15) is 5.82 Å². The lowest BCUT2D eigenvalue weighted by Gasteiger charge is -2.31. The van der Waals surface area contributed by atoms with Gasteiger partial charge in [0.15, 0.2) is 5.11 Å². The summed E-state index contributed by atoms with van der Waals surface area (Å²) in [4.78, 5) is 12.5. The fourth-order valence-corrected chi connectivity index (χ4v) is 2.99. The summed E-state index contributed by atoms with van der Waals surface area (Å²) in [7, 11) is 1.31. The zero-order valence-electron chi connectivity index (χ0n) is 13.2. The molecule has 0 aromatic heterocycles. The smallest absolute Gasteiger partial charge is 0.338 e. The molecule has 0 aliphatic carbocycles. The van der Waals surface area contributed by atoms with Crippen LogP contribution in [0.1, 0.15) is 17.2 Å². The van der Waals surface area contributed by atoms with Crippen LogP contribution in [-0.2, 0) is 9.53 Å². The predicted octanol–water partition coefficient (Wildman–Crippen LogP) is 3.58. The Bertz CT molecular complexity index is 850. The minimum atomic E-state index is -0.563. The van der Waals surface area contributed by atoms with Gasteiger partial charge in [-0.1, -0.05) is 35.9 Å². The van der Waals surface area contributed by atoms with Gasteiger partial charge in [-0.25, -0.2) is 9.18 Å². The van der Waals surface area contributed by atoms with Gasteiger partial charge in [0.2, 0.25) is 0 Å². The monoisotopic (exact) mass is 376 g/mol. The second kappa shape index (κ2) is 7.21. The Hall–Kier alpha value is -2.44. The molecule has 7 heteroatoms. The van der Waals surface area contributed by atoms with E-state index in [4.69, 9.17) is 28.6 Å². The van der Waals surface area contributed by atoms with Crippen molar-refractivity contribution in [1.82, 2.24) is 10.6 Å². The Labute approximate surface area is 154 Å². The number of hydrogen-bond donors (Lipinski definition) is 2. The maximum Gasteiger partial charge on any atom is 0.338 e. The van der Waals surface area contributed by atoms with Crippen molar-refractivity contribution in [3.63, 3.8) is 0 Å². The van der Waals surface area contributed by atoms with E-state index < -0.39 is 12.0 Å². The topological polar surface area (TPSA) is 50.4 Å². The molecule has 4 nitrogen and oxygen atoms in total. The molecule has 1 aliphatic rings. The van der Waals surface area contributed by atoms with Crippen LogP contribution >= 0.6 is 23.8 Å². The molecule has 0 radical (unpaired) electrons. The van der Waals surface area contributed by atoms with Crippen LogP contribution in [-0.4, -0.2) is 18.2 Å². The fraction of sp³-hybridized carbons (Fsp3) is 0.111. The van der Waals surface area contributed by atoms with Gasteiger partial charge < -0.3 is 15.4 Å². The van der Waals surface area contributed by atoms with Crippen molar-refractivity contribution >= 4 is 40.6 Å². The molecule has 1 aliphatic heterocycles. The molecular weight excluding hydrogens is 363 g/mol. The molecule has 0 fully saturated rings. The lowest BCUT2D eigenvalue weighted by molar-refractivity contribution is -0.136. The van der Waals surface area contributed by atoms with E-state index in [2.05, 4.69) is 10.6 Å². The Morgan fingerprint density at radius 1 is 1.16 bits per heavy atom. The van der Waals surface area contributed by atoms with E-state index in [9.17, 15) is 9.18 Å². The number of methoxy groups -OCH3 is 1. The maximum atomic E-state index is 13.3. The quantitative estimate of drug-likeness (QED) is 0.633. The number of thiocarbonyl (C=S) groups is 1. The minimum Gasteiger partial charge on any atom is -0.466 e. The van der Waals surface area contributed by atoms with Crippen molar-refractivity contribution in [3.8, 4) is 0 Å². The highest BCUT2D eigenvalue weighted by Crippen LogP contribution is 2.32. The molecule has 0 bridgehead atoms. The van der Waals surface area contributed by atoms with Crippen LogP contribution in [0.3, 0.4) is 0 Å². The largest absolute Gasteiger partial charge is 0.466 e. The van der Waals surface area contributed by atoms with Gasteiger partial charge in [0.05, 0.1) is 24.4 Å². The number of nitrogens with one attached hydrogen (secondary N) is 2. The molecule has 0 amide bonds. The molecule has 1 atom stereocenters. The van der Waals surface area contributed by atoms with Crippen molar-refractivity contribution in [1.29, 1.82) is 0 Å². The van der Waals surface area contributed by atoms with Crippen LogP contribution in [0.25, 0.3) is 5.70 Å². The summed E-state index contributed by atoms with van der Waals surface area (Å²) in [5, 5.41) is 6.99. The number of rotatable bonds is 3. The molecule has 3 rings (SSSR count). The normalized spacial score (nSPS) is 16.9. The van der Waals surface area contributed by atoms with E-state index in [1.165, 1.54) is 19.2 Å². The van der Waals surface area contributed by atoms with E-state index in [-0.39, 0.29) is 5.82 Å². The molecule has 0 unspecified atom stereocenters. The second-order valence-corrected chi connectivity index (χ2v) is 6.21. The molecule has 128 valence electrons. The van der Waals surface area contributed by atoms with Gasteiger partial charge in [-0.05, 0) is 47.6 Å². The van der Waals surface area contributed by atoms with Crippen molar-refractivity contribution in [2.75, 3.05) is 7.11 Å². The first-order valence-corrected chi connectivity index (χ1v) is 8.19. The molecule has 2 aromatic rings. The van der Waals surface area contributed by atoms with E-state index in [0.29, 0.717) is 27.0 Å². The van der Waals surface area contributed by atoms with Gasteiger partial charge in [-0.15, -0.1) is 0 Å². The Morgan fingerprint density at radius 3 is 2.40 bits per heavy atom. The Morgan fingerprint density at radius 2 is 1.80 bits per heavy atom. The third-order valence-corrected chi connectivity index (χ3v) is 4.29. The predicted molar refractivity (Wildman–Crippen MR) is 98.4 cm³/mol. The summed E-state index contributed by atoms with van der Waals surface area (Å²) in [5.41, 5.74) is 2.31. The van der Waals surface area contributed by atoms with Crippen molar-refractivity contribution in [3.05, 3.63) is 76.1 Å². The lowest BCUT2D eigenvalue weighted by atomic mass is 9.93. The van der Waals surface area contributed by atoms with Crippen LogP contribution in [0, 0.1) is 5.82 Å². The maximum absolute atomic E-state index is 13.3. The van der Waals surface area contributed by atoms with Crippen molar-refractivity contribution < 1.29 is 13.9 Å². The molecule has 0 saturated carbocycles. The van der Waals surface area contributed by atoms with Gasteiger partial charge in [0, 0.05) is 5.02 Å².